The molecule has 1 atom stereocenters. The average molecular weight is 376 g/mol. The maximum absolute atomic E-state index is 12.4. The van der Waals surface area contributed by atoms with Crippen LogP contribution in [-0.4, -0.2) is 23.5 Å². The molecular weight excluding hydrogens is 363 g/mol. The normalized spacial score (nSPS) is 12.4. The van der Waals surface area contributed by atoms with Crippen molar-refractivity contribution in [3.63, 3.8) is 0 Å². The van der Waals surface area contributed by atoms with Gasteiger partial charge in [0.25, 0.3) is 5.91 Å². The zero-order valence-electron chi connectivity index (χ0n) is 12.8. The number of hydrogen-bond acceptors (Lipinski definition) is 4. The summed E-state index contributed by atoms with van der Waals surface area (Å²) >= 11 is 5.92. The standard InChI is InChI=1S/C16H13ClF3NO4/c1-9(24-13-5-3-2-4-11(13)17)15(23)21-12-7-6-10(22)8-14(12)25-16(18,19)20/h2-9,22H,1H3,(H,21,23). The molecule has 0 fully saturated rings. The molecule has 0 aliphatic heterocycles. The predicted octanol–water partition coefficient (Wildman–Crippen LogP) is 4.35. The summed E-state index contributed by atoms with van der Waals surface area (Å²) in [4.78, 5) is 12.2. The zero-order chi connectivity index (χ0) is 18.6. The minimum atomic E-state index is -4.98. The zero-order valence-corrected chi connectivity index (χ0v) is 13.6. The van der Waals surface area contributed by atoms with Crippen molar-refractivity contribution in [3.8, 4) is 17.2 Å². The van der Waals surface area contributed by atoms with Crippen molar-refractivity contribution < 1.29 is 32.5 Å². The van der Waals surface area contributed by atoms with E-state index in [-0.39, 0.29) is 16.5 Å². The Kier molecular flexibility index (Phi) is 5.63. The van der Waals surface area contributed by atoms with Crippen molar-refractivity contribution in [2.75, 3.05) is 5.32 Å². The van der Waals surface area contributed by atoms with E-state index in [1.807, 2.05) is 0 Å². The van der Waals surface area contributed by atoms with Crippen LogP contribution in [0.2, 0.25) is 5.02 Å². The van der Waals surface area contributed by atoms with Gasteiger partial charge >= 0.3 is 6.36 Å². The minimum absolute atomic E-state index is 0.254. The quantitative estimate of drug-likeness (QED) is 0.762. The van der Waals surface area contributed by atoms with Crippen LogP contribution in [0.25, 0.3) is 0 Å². The molecule has 2 rings (SSSR count). The number of rotatable bonds is 5. The molecule has 0 bridgehead atoms. The van der Waals surface area contributed by atoms with E-state index in [4.69, 9.17) is 16.3 Å². The SMILES string of the molecule is CC(Oc1ccccc1Cl)C(=O)Nc1ccc(O)cc1OC(F)(F)F. The summed E-state index contributed by atoms with van der Waals surface area (Å²) in [5.74, 6) is -1.66. The molecule has 0 heterocycles. The highest BCUT2D eigenvalue weighted by Crippen LogP contribution is 2.33. The van der Waals surface area contributed by atoms with Crippen LogP contribution in [0.3, 0.4) is 0 Å². The summed E-state index contributed by atoms with van der Waals surface area (Å²) in [7, 11) is 0. The lowest BCUT2D eigenvalue weighted by Crippen LogP contribution is -2.30. The third-order valence-corrected chi connectivity index (χ3v) is 3.27. The van der Waals surface area contributed by atoms with E-state index < -0.39 is 29.9 Å². The topological polar surface area (TPSA) is 67.8 Å². The summed E-state index contributed by atoms with van der Waals surface area (Å²) in [5, 5.41) is 11.8. The van der Waals surface area contributed by atoms with E-state index in [1.165, 1.54) is 6.92 Å². The van der Waals surface area contributed by atoms with Gasteiger partial charge in [0.15, 0.2) is 11.9 Å². The van der Waals surface area contributed by atoms with Gasteiger partial charge in [0.1, 0.15) is 11.5 Å². The van der Waals surface area contributed by atoms with Gasteiger partial charge in [0.05, 0.1) is 10.7 Å². The summed E-state index contributed by atoms with van der Waals surface area (Å²) in [6, 6.07) is 9.37. The molecule has 134 valence electrons. The van der Waals surface area contributed by atoms with Crippen molar-refractivity contribution in [1.82, 2.24) is 0 Å². The van der Waals surface area contributed by atoms with Crippen LogP contribution in [-0.2, 0) is 4.79 Å². The number of alkyl halides is 3. The van der Waals surface area contributed by atoms with Crippen molar-refractivity contribution in [3.05, 3.63) is 47.5 Å². The van der Waals surface area contributed by atoms with Crippen LogP contribution in [0.4, 0.5) is 18.9 Å². The highest BCUT2D eigenvalue weighted by atomic mass is 35.5. The van der Waals surface area contributed by atoms with Gasteiger partial charge in [-0.05, 0) is 31.2 Å². The van der Waals surface area contributed by atoms with Crippen molar-refractivity contribution in [1.29, 1.82) is 0 Å². The first-order valence-corrected chi connectivity index (χ1v) is 7.34. The van der Waals surface area contributed by atoms with Gasteiger partial charge in [-0.25, -0.2) is 0 Å². The number of phenolic OH excluding ortho intramolecular Hbond substituents is 1. The number of para-hydroxylation sites is 1. The third kappa shape index (κ3) is 5.46. The van der Waals surface area contributed by atoms with Crippen LogP contribution in [0.5, 0.6) is 17.2 Å². The van der Waals surface area contributed by atoms with E-state index in [0.717, 1.165) is 18.2 Å². The Morgan fingerprint density at radius 2 is 1.88 bits per heavy atom. The molecule has 0 aliphatic rings. The number of hydrogen-bond donors (Lipinski definition) is 2. The summed E-state index contributed by atoms with van der Waals surface area (Å²) in [6.07, 6.45) is -6.03. The molecule has 2 N–H and O–H groups in total. The number of nitrogens with one attached hydrogen (secondary N) is 1. The smallest absolute Gasteiger partial charge is 0.508 e. The average Bonchev–Trinajstić information content (AvgIpc) is 2.50. The van der Waals surface area contributed by atoms with Crippen LogP contribution in [0, 0.1) is 0 Å². The fourth-order valence-corrected chi connectivity index (χ4v) is 2.02. The third-order valence-electron chi connectivity index (χ3n) is 2.96. The fourth-order valence-electron chi connectivity index (χ4n) is 1.84. The van der Waals surface area contributed by atoms with E-state index in [2.05, 4.69) is 10.1 Å². The maximum atomic E-state index is 12.4. The van der Waals surface area contributed by atoms with Crippen molar-refractivity contribution >= 4 is 23.2 Å². The van der Waals surface area contributed by atoms with E-state index >= 15 is 0 Å². The molecule has 0 aliphatic carbocycles. The van der Waals surface area contributed by atoms with Gasteiger partial charge in [-0.3, -0.25) is 4.79 Å². The van der Waals surface area contributed by atoms with Gasteiger partial charge < -0.3 is 19.9 Å². The summed E-state index contributed by atoms with van der Waals surface area (Å²) < 4.78 is 46.5. The fraction of sp³-hybridized carbons (Fsp3) is 0.188. The monoisotopic (exact) mass is 375 g/mol. The second-order valence-corrected chi connectivity index (χ2v) is 5.32. The lowest BCUT2D eigenvalue weighted by molar-refractivity contribution is -0.274. The number of phenols is 1. The molecule has 0 saturated heterocycles. The molecule has 0 aromatic heterocycles. The van der Waals surface area contributed by atoms with Crippen LogP contribution < -0.4 is 14.8 Å². The number of carbonyl (C=O) groups is 1. The Morgan fingerprint density at radius 3 is 2.52 bits per heavy atom. The number of anilines is 1. The first kappa shape index (κ1) is 18.7. The summed E-state index contributed by atoms with van der Waals surface area (Å²) in [5.41, 5.74) is -0.269. The summed E-state index contributed by atoms with van der Waals surface area (Å²) in [6.45, 7) is 1.41. The van der Waals surface area contributed by atoms with E-state index in [0.29, 0.717) is 0 Å². The highest BCUT2D eigenvalue weighted by Gasteiger charge is 2.32. The minimum Gasteiger partial charge on any atom is -0.508 e. The molecular formula is C16H13ClF3NO4. The Labute approximate surface area is 145 Å². The van der Waals surface area contributed by atoms with Gasteiger partial charge in [0.2, 0.25) is 0 Å². The number of halogens is 4. The van der Waals surface area contributed by atoms with Gasteiger partial charge in [-0.15, -0.1) is 13.2 Å². The van der Waals surface area contributed by atoms with Gasteiger partial charge in [0, 0.05) is 6.07 Å². The number of amides is 1. The first-order valence-electron chi connectivity index (χ1n) is 6.96. The molecule has 9 heteroatoms. The predicted molar refractivity (Wildman–Crippen MR) is 85.0 cm³/mol. The number of ether oxygens (including phenoxy) is 2. The molecule has 1 amide bonds. The first-order chi connectivity index (χ1) is 11.7. The molecule has 0 radical (unpaired) electrons. The highest BCUT2D eigenvalue weighted by molar-refractivity contribution is 6.32. The Hall–Kier alpha value is -2.61. The van der Waals surface area contributed by atoms with Crippen molar-refractivity contribution in [2.24, 2.45) is 0 Å². The number of carbonyl (C=O) groups excluding carboxylic acids is 1. The molecule has 0 saturated carbocycles. The molecule has 2 aromatic carbocycles. The molecule has 2 aromatic rings. The van der Waals surface area contributed by atoms with Crippen LogP contribution >= 0.6 is 11.6 Å². The molecule has 5 nitrogen and oxygen atoms in total. The molecule has 0 spiro atoms. The number of aromatic hydroxyl groups is 1. The number of benzene rings is 2. The Bertz CT molecular complexity index is 767. The van der Waals surface area contributed by atoms with Gasteiger partial charge in [-0.1, -0.05) is 23.7 Å². The van der Waals surface area contributed by atoms with Gasteiger partial charge in [-0.2, -0.15) is 0 Å². The largest absolute Gasteiger partial charge is 0.573 e. The van der Waals surface area contributed by atoms with E-state index in [1.54, 1.807) is 24.3 Å². The van der Waals surface area contributed by atoms with Crippen LogP contribution in [0.15, 0.2) is 42.5 Å². The van der Waals surface area contributed by atoms with E-state index in [9.17, 15) is 23.1 Å². The second-order valence-electron chi connectivity index (χ2n) is 4.91. The second kappa shape index (κ2) is 7.52. The lowest BCUT2D eigenvalue weighted by Gasteiger charge is -2.18. The Morgan fingerprint density at radius 1 is 1.20 bits per heavy atom. The Balaban J connectivity index is 2.13. The molecule has 1 unspecified atom stereocenters. The van der Waals surface area contributed by atoms with Crippen LogP contribution in [0.1, 0.15) is 6.92 Å². The molecule has 25 heavy (non-hydrogen) atoms. The van der Waals surface area contributed by atoms with Crippen molar-refractivity contribution in [2.45, 2.75) is 19.4 Å². The lowest BCUT2D eigenvalue weighted by atomic mass is 10.2. The maximum Gasteiger partial charge on any atom is 0.573 e.